The summed E-state index contributed by atoms with van der Waals surface area (Å²) >= 11 is 0. The zero-order valence-corrected chi connectivity index (χ0v) is 12.4. The van der Waals surface area contributed by atoms with Crippen LogP contribution < -0.4 is 20.7 Å². The number of hydrogen-bond donors (Lipinski definition) is 3. The number of piperazine rings is 1. The van der Waals surface area contributed by atoms with Crippen LogP contribution in [0, 0.1) is 0 Å². The summed E-state index contributed by atoms with van der Waals surface area (Å²) in [6.45, 7) is 1.62. The molecule has 1 aliphatic heterocycles. The van der Waals surface area contributed by atoms with Gasteiger partial charge >= 0.3 is 0 Å². The molecule has 1 aliphatic rings. The van der Waals surface area contributed by atoms with Gasteiger partial charge in [0.25, 0.3) is 0 Å². The molecule has 4 N–H and O–H groups in total. The Hall–Kier alpha value is -2.13. The van der Waals surface area contributed by atoms with Gasteiger partial charge in [-0.15, -0.1) is 0 Å². The van der Waals surface area contributed by atoms with E-state index < -0.39 is 27.9 Å². The number of carbonyl (C=O) groups excluding carboxylic acids is 2. The molecular weight excluding hydrogens is 296 g/mol. The minimum absolute atomic E-state index is 0.0186. The molecule has 2 rings (SSSR count). The van der Waals surface area contributed by atoms with Crippen molar-refractivity contribution in [2.45, 2.75) is 17.9 Å². The lowest BCUT2D eigenvalue weighted by atomic mass is 10.1. The summed E-state index contributed by atoms with van der Waals surface area (Å²) in [6.07, 6.45) is 0. The summed E-state index contributed by atoms with van der Waals surface area (Å²) in [5.74, 6) is -0.845. The molecule has 1 atom stereocenters. The van der Waals surface area contributed by atoms with E-state index in [2.05, 4.69) is 10.0 Å². The minimum atomic E-state index is -3.60. The van der Waals surface area contributed by atoms with Crippen molar-refractivity contribution in [3.05, 3.63) is 18.2 Å². The number of sulfonamides is 1. The van der Waals surface area contributed by atoms with E-state index in [-0.39, 0.29) is 17.1 Å². The van der Waals surface area contributed by atoms with E-state index in [9.17, 15) is 18.0 Å². The number of anilines is 2. The smallest absolute Gasteiger partial charge is 0.249 e. The van der Waals surface area contributed by atoms with E-state index >= 15 is 0 Å². The Kier molecular flexibility index (Phi) is 3.88. The van der Waals surface area contributed by atoms with Gasteiger partial charge in [-0.2, -0.15) is 0 Å². The lowest BCUT2D eigenvalue weighted by Crippen LogP contribution is -2.57. The van der Waals surface area contributed by atoms with Crippen LogP contribution in [0.5, 0.6) is 0 Å². The van der Waals surface area contributed by atoms with Gasteiger partial charge in [-0.3, -0.25) is 14.9 Å². The largest absolute Gasteiger partial charge is 0.397 e. The van der Waals surface area contributed by atoms with Gasteiger partial charge in [0.15, 0.2) is 0 Å². The van der Waals surface area contributed by atoms with Gasteiger partial charge in [-0.25, -0.2) is 13.1 Å². The molecule has 0 radical (unpaired) electrons. The average Bonchev–Trinajstić information content (AvgIpc) is 2.43. The molecule has 8 nitrogen and oxygen atoms in total. The molecule has 0 aromatic heterocycles. The van der Waals surface area contributed by atoms with Crippen molar-refractivity contribution < 1.29 is 18.0 Å². The van der Waals surface area contributed by atoms with Crippen LogP contribution in [0.15, 0.2) is 23.1 Å². The fourth-order valence-corrected chi connectivity index (χ4v) is 2.85. The molecule has 1 heterocycles. The van der Waals surface area contributed by atoms with Crippen molar-refractivity contribution in [1.29, 1.82) is 0 Å². The summed E-state index contributed by atoms with van der Waals surface area (Å²) in [5.41, 5.74) is 6.51. The molecule has 21 heavy (non-hydrogen) atoms. The predicted octanol–water partition coefficient (Wildman–Crippen LogP) is -0.972. The topological polar surface area (TPSA) is 122 Å². The van der Waals surface area contributed by atoms with Gasteiger partial charge in [0.2, 0.25) is 21.8 Å². The van der Waals surface area contributed by atoms with Crippen LogP contribution in [0.2, 0.25) is 0 Å². The molecule has 9 heteroatoms. The van der Waals surface area contributed by atoms with Crippen LogP contribution in [-0.2, 0) is 19.6 Å². The maximum Gasteiger partial charge on any atom is 0.249 e. The fourth-order valence-electron chi connectivity index (χ4n) is 2.09. The lowest BCUT2D eigenvalue weighted by Gasteiger charge is -2.34. The van der Waals surface area contributed by atoms with Gasteiger partial charge < -0.3 is 10.6 Å². The third kappa shape index (κ3) is 2.83. The molecule has 114 valence electrons. The molecule has 1 saturated heterocycles. The van der Waals surface area contributed by atoms with Crippen molar-refractivity contribution in [3.63, 3.8) is 0 Å². The molecule has 0 aliphatic carbocycles. The molecule has 2 amide bonds. The van der Waals surface area contributed by atoms with Crippen molar-refractivity contribution in [1.82, 2.24) is 10.0 Å². The van der Waals surface area contributed by atoms with Crippen molar-refractivity contribution >= 4 is 33.2 Å². The summed E-state index contributed by atoms with van der Waals surface area (Å²) in [4.78, 5) is 24.7. The molecule has 1 unspecified atom stereocenters. The quantitative estimate of drug-likeness (QED) is 0.487. The highest BCUT2D eigenvalue weighted by atomic mass is 32.2. The third-order valence-electron chi connectivity index (χ3n) is 3.31. The van der Waals surface area contributed by atoms with E-state index in [1.807, 2.05) is 0 Å². The fraction of sp³-hybridized carbons (Fsp3) is 0.333. The Morgan fingerprint density at radius 3 is 2.62 bits per heavy atom. The Morgan fingerprint density at radius 2 is 2.05 bits per heavy atom. The highest BCUT2D eigenvalue weighted by Crippen LogP contribution is 2.28. The SMILES string of the molecule is CNS(=O)(=O)c1ccc(N2CC(=O)NC(=O)C2C)c(N)c1. The van der Waals surface area contributed by atoms with Crippen molar-refractivity contribution in [2.24, 2.45) is 0 Å². The van der Waals surface area contributed by atoms with Crippen LogP contribution >= 0.6 is 0 Å². The predicted molar refractivity (Wildman–Crippen MR) is 77.1 cm³/mol. The zero-order valence-electron chi connectivity index (χ0n) is 11.6. The summed E-state index contributed by atoms with van der Waals surface area (Å²) < 4.78 is 25.6. The standard InChI is InChI=1S/C12H16N4O4S/c1-7-12(18)15-11(17)6-16(7)10-4-3-8(5-9(10)13)21(19,20)14-2/h3-5,7,14H,6,13H2,1-2H3,(H,15,17,18). The van der Waals surface area contributed by atoms with Crippen molar-refractivity contribution in [2.75, 3.05) is 24.2 Å². The maximum absolute atomic E-state index is 11.7. The van der Waals surface area contributed by atoms with Gasteiger partial charge in [0, 0.05) is 0 Å². The number of imide groups is 1. The molecule has 1 fully saturated rings. The number of nitrogens with one attached hydrogen (secondary N) is 2. The average molecular weight is 312 g/mol. The van der Waals surface area contributed by atoms with E-state index in [0.717, 1.165) is 0 Å². The van der Waals surface area contributed by atoms with Gasteiger partial charge in [-0.05, 0) is 32.2 Å². The zero-order chi connectivity index (χ0) is 15.8. The normalized spacial score (nSPS) is 19.5. The van der Waals surface area contributed by atoms with Crippen molar-refractivity contribution in [3.8, 4) is 0 Å². The maximum atomic E-state index is 11.7. The monoisotopic (exact) mass is 312 g/mol. The minimum Gasteiger partial charge on any atom is -0.397 e. The van der Waals surface area contributed by atoms with Crippen LogP contribution in [0.1, 0.15) is 6.92 Å². The molecule has 0 spiro atoms. The molecule has 1 aromatic rings. The summed E-state index contributed by atoms with van der Waals surface area (Å²) in [6, 6.07) is 3.59. The van der Waals surface area contributed by atoms with E-state index in [1.54, 1.807) is 6.92 Å². The summed E-state index contributed by atoms with van der Waals surface area (Å²) in [5, 5.41) is 2.23. The second-order valence-corrected chi connectivity index (χ2v) is 6.53. The molecular formula is C12H16N4O4S. The number of hydrogen-bond acceptors (Lipinski definition) is 6. The van der Waals surface area contributed by atoms with Gasteiger partial charge in [0.1, 0.15) is 6.04 Å². The van der Waals surface area contributed by atoms with Crippen LogP contribution in [0.3, 0.4) is 0 Å². The lowest BCUT2D eigenvalue weighted by molar-refractivity contribution is -0.132. The Labute approximate surface area is 122 Å². The highest BCUT2D eigenvalue weighted by Gasteiger charge is 2.31. The second kappa shape index (κ2) is 5.34. The Bertz CT molecular complexity index is 701. The number of nitrogens with two attached hydrogens (primary N) is 1. The number of carbonyl (C=O) groups is 2. The molecule has 0 saturated carbocycles. The first-order valence-corrected chi connectivity index (χ1v) is 7.68. The van der Waals surface area contributed by atoms with E-state index in [0.29, 0.717) is 5.69 Å². The molecule has 0 bridgehead atoms. The second-order valence-electron chi connectivity index (χ2n) is 4.64. The molecule has 1 aromatic carbocycles. The van der Waals surface area contributed by atoms with Gasteiger partial charge in [0.05, 0.1) is 22.8 Å². The Morgan fingerprint density at radius 1 is 1.38 bits per heavy atom. The van der Waals surface area contributed by atoms with Crippen LogP contribution in [-0.4, -0.2) is 39.9 Å². The number of nitrogen functional groups attached to an aromatic ring is 1. The number of rotatable bonds is 3. The summed E-state index contributed by atoms with van der Waals surface area (Å²) in [7, 11) is -2.30. The Balaban J connectivity index is 2.41. The first-order chi connectivity index (χ1) is 9.76. The number of nitrogens with zero attached hydrogens (tertiary/aromatic N) is 1. The number of benzene rings is 1. The van der Waals surface area contributed by atoms with E-state index in [1.165, 1.54) is 30.1 Å². The van der Waals surface area contributed by atoms with Gasteiger partial charge in [-0.1, -0.05) is 0 Å². The third-order valence-corrected chi connectivity index (χ3v) is 4.72. The first-order valence-electron chi connectivity index (χ1n) is 6.19. The number of amides is 2. The van der Waals surface area contributed by atoms with Crippen LogP contribution in [0.4, 0.5) is 11.4 Å². The first kappa shape index (κ1) is 15.3. The highest BCUT2D eigenvalue weighted by molar-refractivity contribution is 7.89. The van der Waals surface area contributed by atoms with E-state index in [4.69, 9.17) is 5.73 Å². The van der Waals surface area contributed by atoms with Crippen LogP contribution in [0.25, 0.3) is 0 Å².